The molecule has 128 valence electrons. The number of cyclic esters (lactones) is 1. The Bertz CT molecular complexity index is 795. The van der Waals surface area contributed by atoms with Crippen LogP contribution in [0.3, 0.4) is 0 Å². The van der Waals surface area contributed by atoms with Crippen molar-refractivity contribution in [2.75, 3.05) is 23.3 Å². The summed E-state index contributed by atoms with van der Waals surface area (Å²) in [5.74, 6) is -0.733. The number of carbonyl (C=O) groups is 2. The quantitative estimate of drug-likeness (QED) is 0.876. The van der Waals surface area contributed by atoms with Gasteiger partial charge in [0.25, 0.3) is 5.91 Å². The lowest BCUT2D eigenvalue weighted by Gasteiger charge is -2.24. The summed E-state index contributed by atoms with van der Waals surface area (Å²) in [6.07, 6.45) is 2.07. The predicted octanol–water partition coefficient (Wildman–Crippen LogP) is 3.01. The molecule has 0 unspecified atom stereocenters. The fourth-order valence-electron chi connectivity index (χ4n) is 3.43. The van der Waals surface area contributed by atoms with E-state index < -0.39 is 12.1 Å². The number of nitrogens with zero attached hydrogens (tertiary/aromatic N) is 1. The van der Waals surface area contributed by atoms with Gasteiger partial charge in [-0.2, -0.15) is 0 Å². The molecule has 1 atom stereocenters. The van der Waals surface area contributed by atoms with Gasteiger partial charge in [-0.1, -0.05) is 18.2 Å². The van der Waals surface area contributed by atoms with Gasteiger partial charge in [-0.15, -0.1) is 0 Å². The van der Waals surface area contributed by atoms with Crippen molar-refractivity contribution in [3.63, 3.8) is 0 Å². The molecule has 2 heterocycles. The lowest BCUT2D eigenvalue weighted by Crippen LogP contribution is -2.37. The molecule has 1 saturated heterocycles. The second kappa shape index (κ2) is 6.59. The minimum atomic E-state index is -0.791. The monoisotopic (exact) mass is 336 g/mol. The first-order chi connectivity index (χ1) is 12.2. The van der Waals surface area contributed by atoms with Gasteiger partial charge >= 0.3 is 5.97 Å². The second-order valence-corrected chi connectivity index (χ2v) is 6.49. The molecule has 5 nitrogen and oxygen atoms in total. The van der Waals surface area contributed by atoms with E-state index in [-0.39, 0.29) is 5.91 Å². The average molecular weight is 336 g/mol. The van der Waals surface area contributed by atoms with E-state index in [1.54, 1.807) is 12.1 Å². The van der Waals surface area contributed by atoms with E-state index in [9.17, 15) is 9.59 Å². The molecule has 1 amide bonds. The Morgan fingerprint density at radius 2 is 1.76 bits per heavy atom. The SMILES string of the molecule is O=C1O[C@@H](C(=O)Nc2ccc(N3CCCC3)cc2)Cc2ccccc21. The number of benzene rings is 2. The number of amides is 1. The van der Waals surface area contributed by atoms with Crippen molar-refractivity contribution < 1.29 is 14.3 Å². The Balaban J connectivity index is 1.43. The van der Waals surface area contributed by atoms with Crippen molar-refractivity contribution in [1.29, 1.82) is 0 Å². The maximum atomic E-state index is 12.5. The van der Waals surface area contributed by atoms with Crippen LogP contribution in [0.4, 0.5) is 11.4 Å². The highest BCUT2D eigenvalue weighted by molar-refractivity contribution is 6.00. The van der Waals surface area contributed by atoms with Crippen LogP contribution in [0, 0.1) is 0 Å². The smallest absolute Gasteiger partial charge is 0.339 e. The Kier molecular flexibility index (Phi) is 4.14. The number of hydrogen-bond acceptors (Lipinski definition) is 4. The highest BCUT2D eigenvalue weighted by atomic mass is 16.5. The summed E-state index contributed by atoms with van der Waals surface area (Å²) in [6, 6.07) is 15.1. The first kappa shape index (κ1) is 15.7. The van der Waals surface area contributed by atoms with Gasteiger partial charge in [0.1, 0.15) is 0 Å². The Hall–Kier alpha value is -2.82. The van der Waals surface area contributed by atoms with Crippen molar-refractivity contribution in [2.45, 2.75) is 25.4 Å². The van der Waals surface area contributed by atoms with E-state index in [0.29, 0.717) is 17.7 Å². The number of rotatable bonds is 3. The first-order valence-corrected chi connectivity index (χ1v) is 8.65. The lowest BCUT2D eigenvalue weighted by atomic mass is 9.98. The topological polar surface area (TPSA) is 58.6 Å². The molecule has 0 aliphatic carbocycles. The molecule has 25 heavy (non-hydrogen) atoms. The van der Waals surface area contributed by atoms with E-state index in [1.807, 2.05) is 36.4 Å². The van der Waals surface area contributed by atoms with Crippen molar-refractivity contribution >= 4 is 23.3 Å². The lowest BCUT2D eigenvalue weighted by molar-refractivity contribution is -0.125. The molecular formula is C20H20N2O3. The number of ether oxygens (including phenoxy) is 1. The molecule has 0 aromatic heterocycles. The standard InChI is InChI=1S/C20H20N2O3/c23-19(18-13-14-5-1-2-6-17(14)20(24)25-18)21-15-7-9-16(10-8-15)22-11-3-4-12-22/h1-2,5-10,18H,3-4,11-13H2,(H,21,23)/t18-/m1/s1. The summed E-state index contributed by atoms with van der Waals surface area (Å²) in [5, 5.41) is 2.85. The maximum Gasteiger partial charge on any atom is 0.339 e. The van der Waals surface area contributed by atoms with Gasteiger partial charge in [0.15, 0.2) is 6.10 Å². The number of anilines is 2. The third-order valence-electron chi connectivity index (χ3n) is 4.79. The van der Waals surface area contributed by atoms with Gasteiger partial charge in [0.2, 0.25) is 0 Å². The molecule has 0 spiro atoms. The highest BCUT2D eigenvalue weighted by Crippen LogP contribution is 2.24. The van der Waals surface area contributed by atoms with Gasteiger partial charge in [-0.3, -0.25) is 4.79 Å². The van der Waals surface area contributed by atoms with Crippen molar-refractivity contribution in [3.05, 3.63) is 59.7 Å². The van der Waals surface area contributed by atoms with Gasteiger partial charge in [-0.25, -0.2) is 4.79 Å². The van der Waals surface area contributed by atoms with Gasteiger partial charge in [0.05, 0.1) is 5.56 Å². The van der Waals surface area contributed by atoms with Crippen LogP contribution in [0.1, 0.15) is 28.8 Å². The molecule has 5 heteroatoms. The number of hydrogen-bond donors (Lipinski definition) is 1. The fraction of sp³-hybridized carbons (Fsp3) is 0.300. The van der Waals surface area contributed by atoms with Crippen molar-refractivity contribution in [1.82, 2.24) is 0 Å². The number of carbonyl (C=O) groups excluding carboxylic acids is 2. The fourth-order valence-corrected chi connectivity index (χ4v) is 3.43. The molecule has 1 fully saturated rings. The van der Waals surface area contributed by atoms with E-state index in [4.69, 9.17) is 4.74 Å². The van der Waals surface area contributed by atoms with Crippen LogP contribution in [0.15, 0.2) is 48.5 Å². The molecule has 2 aliphatic rings. The molecule has 0 bridgehead atoms. The molecule has 2 aromatic carbocycles. The zero-order valence-corrected chi connectivity index (χ0v) is 13.9. The van der Waals surface area contributed by atoms with Crippen LogP contribution in [0.25, 0.3) is 0 Å². The van der Waals surface area contributed by atoms with Crippen LogP contribution in [-0.2, 0) is 16.0 Å². The van der Waals surface area contributed by atoms with Crippen LogP contribution in [0.2, 0.25) is 0 Å². The van der Waals surface area contributed by atoms with Crippen LogP contribution in [0.5, 0.6) is 0 Å². The number of fused-ring (bicyclic) bond motifs is 1. The molecular weight excluding hydrogens is 316 g/mol. The van der Waals surface area contributed by atoms with Crippen LogP contribution >= 0.6 is 0 Å². The summed E-state index contributed by atoms with van der Waals surface area (Å²) in [7, 11) is 0. The average Bonchev–Trinajstić information content (AvgIpc) is 3.17. The molecule has 4 rings (SSSR count). The minimum Gasteiger partial charge on any atom is -0.448 e. The summed E-state index contributed by atoms with van der Waals surface area (Å²) in [6.45, 7) is 2.17. The molecule has 0 radical (unpaired) electrons. The normalized spacial score (nSPS) is 19.3. The Morgan fingerprint density at radius 1 is 1.04 bits per heavy atom. The van der Waals surface area contributed by atoms with E-state index in [2.05, 4.69) is 10.2 Å². The van der Waals surface area contributed by atoms with Crippen molar-refractivity contribution in [2.24, 2.45) is 0 Å². The number of nitrogens with one attached hydrogen (secondary N) is 1. The Labute approximate surface area is 146 Å². The molecule has 2 aromatic rings. The zero-order valence-electron chi connectivity index (χ0n) is 13.9. The molecule has 0 saturated carbocycles. The zero-order chi connectivity index (χ0) is 17.2. The third kappa shape index (κ3) is 3.22. The Morgan fingerprint density at radius 3 is 2.52 bits per heavy atom. The van der Waals surface area contributed by atoms with Gasteiger partial charge in [0, 0.05) is 30.9 Å². The number of esters is 1. The second-order valence-electron chi connectivity index (χ2n) is 6.49. The summed E-state index contributed by atoms with van der Waals surface area (Å²) in [4.78, 5) is 26.8. The largest absolute Gasteiger partial charge is 0.448 e. The minimum absolute atomic E-state index is 0.295. The van der Waals surface area contributed by atoms with E-state index in [0.717, 1.165) is 18.7 Å². The molecule has 2 aliphatic heterocycles. The van der Waals surface area contributed by atoms with Crippen LogP contribution < -0.4 is 10.2 Å². The summed E-state index contributed by atoms with van der Waals surface area (Å²) < 4.78 is 5.29. The third-order valence-corrected chi connectivity index (χ3v) is 4.79. The molecule has 1 N–H and O–H groups in total. The predicted molar refractivity (Wildman–Crippen MR) is 95.9 cm³/mol. The van der Waals surface area contributed by atoms with E-state index in [1.165, 1.54) is 18.5 Å². The maximum absolute atomic E-state index is 12.5. The van der Waals surface area contributed by atoms with Crippen molar-refractivity contribution in [3.8, 4) is 0 Å². The van der Waals surface area contributed by atoms with E-state index >= 15 is 0 Å². The van der Waals surface area contributed by atoms with Gasteiger partial charge < -0.3 is 15.0 Å². The van der Waals surface area contributed by atoms with Gasteiger partial charge in [-0.05, 0) is 48.7 Å². The summed E-state index contributed by atoms with van der Waals surface area (Å²) in [5.41, 5.74) is 3.28. The van der Waals surface area contributed by atoms with Crippen LogP contribution in [-0.4, -0.2) is 31.1 Å². The summed E-state index contributed by atoms with van der Waals surface area (Å²) >= 11 is 0. The first-order valence-electron chi connectivity index (χ1n) is 8.65. The highest BCUT2D eigenvalue weighted by Gasteiger charge is 2.31.